The maximum atomic E-state index is 12.9. The second kappa shape index (κ2) is 4.56. The third kappa shape index (κ3) is 2.75. The third-order valence-electron chi connectivity index (χ3n) is 2.00. The zero-order chi connectivity index (χ0) is 12.3. The number of nitrogens with two attached hydrogens (primary N) is 1. The van der Waals surface area contributed by atoms with Gasteiger partial charge in [-0.05, 0) is 30.3 Å². The maximum Gasteiger partial charge on any atom is 0.276 e. The average Bonchev–Trinajstić information content (AvgIpc) is 2.29. The lowest BCUT2D eigenvalue weighted by Crippen LogP contribution is -2.14. The largest absolute Gasteiger partial charge is 0.382 e. The molecule has 0 aliphatic carbocycles. The molecule has 17 heavy (non-hydrogen) atoms. The van der Waals surface area contributed by atoms with Crippen molar-refractivity contribution in [2.45, 2.75) is 0 Å². The molecular formula is C11H9FN4O. The Morgan fingerprint density at radius 3 is 2.71 bits per heavy atom. The number of hydrogen-bond donors (Lipinski definition) is 2. The Morgan fingerprint density at radius 1 is 1.24 bits per heavy atom. The van der Waals surface area contributed by atoms with Crippen LogP contribution in [0, 0.1) is 5.82 Å². The molecule has 0 saturated carbocycles. The van der Waals surface area contributed by atoms with Crippen molar-refractivity contribution in [3.05, 3.63) is 47.9 Å². The molecule has 2 rings (SSSR count). The van der Waals surface area contributed by atoms with Crippen molar-refractivity contribution in [1.82, 2.24) is 10.2 Å². The second-order valence-electron chi connectivity index (χ2n) is 3.31. The van der Waals surface area contributed by atoms with Crippen LogP contribution in [0.2, 0.25) is 0 Å². The van der Waals surface area contributed by atoms with Gasteiger partial charge in [0, 0.05) is 5.69 Å². The highest BCUT2D eigenvalue weighted by atomic mass is 19.1. The van der Waals surface area contributed by atoms with Gasteiger partial charge in [0.1, 0.15) is 11.6 Å². The van der Waals surface area contributed by atoms with Crippen LogP contribution in [-0.4, -0.2) is 16.1 Å². The molecule has 5 nitrogen and oxygen atoms in total. The minimum Gasteiger partial charge on any atom is -0.382 e. The molecule has 1 aromatic carbocycles. The Morgan fingerprint density at radius 2 is 2.06 bits per heavy atom. The van der Waals surface area contributed by atoms with E-state index in [-0.39, 0.29) is 11.5 Å². The first kappa shape index (κ1) is 11.0. The monoisotopic (exact) mass is 232 g/mol. The van der Waals surface area contributed by atoms with Gasteiger partial charge in [-0.2, -0.15) is 0 Å². The fraction of sp³-hybridized carbons (Fsp3) is 0. The van der Waals surface area contributed by atoms with E-state index in [0.717, 1.165) is 0 Å². The van der Waals surface area contributed by atoms with Gasteiger partial charge in [0.05, 0.1) is 0 Å². The smallest absolute Gasteiger partial charge is 0.276 e. The molecule has 0 atom stereocenters. The summed E-state index contributed by atoms with van der Waals surface area (Å²) in [5.41, 5.74) is 5.81. The number of hydrogen-bond acceptors (Lipinski definition) is 4. The van der Waals surface area contributed by atoms with E-state index in [0.29, 0.717) is 5.69 Å². The number of aromatic nitrogens is 2. The van der Waals surface area contributed by atoms with Gasteiger partial charge in [-0.1, -0.05) is 6.07 Å². The molecule has 0 bridgehead atoms. The van der Waals surface area contributed by atoms with Crippen LogP contribution in [0.4, 0.5) is 15.9 Å². The summed E-state index contributed by atoms with van der Waals surface area (Å²) in [7, 11) is 0. The van der Waals surface area contributed by atoms with E-state index in [2.05, 4.69) is 15.5 Å². The number of nitrogens with one attached hydrogen (secondary N) is 1. The Bertz CT molecular complexity index is 541. The van der Waals surface area contributed by atoms with Crippen molar-refractivity contribution in [3.63, 3.8) is 0 Å². The summed E-state index contributed by atoms with van der Waals surface area (Å²) in [4.78, 5) is 11.7. The van der Waals surface area contributed by atoms with Crippen LogP contribution in [0.25, 0.3) is 0 Å². The summed E-state index contributed by atoms with van der Waals surface area (Å²) >= 11 is 0. The van der Waals surface area contributed by atoms with Crippen LogP contribution >= 0.6 is 0 Å². The van der Waals surface area contributed by atoms with Crippen molar-refractivity contribution >= 4 is 17.4 Å². The van der Waals surface area contributed by atoms with Gasteiger partial charge in [0.25, 0.3) is 5.91 Å². The number of rotatable bonds is 2. The number of amides is 1. The van der Waals surface area contributed by atoms with Crippen LogP contribution in [0.15, 0.2) is 36.4 Å². The fourth-order valence-electron chi connectivity index (χ4n) is 1.23. The molecule has 1 heterocycles. The summed E-state index contributed by atoms with van der Waals surface area (Å²) < 4.78 is 12.9. The predicted molar refractivity (Wildman–Crippen MR) is 60.8 cm³/mol. The van der Waals surface area contributed by atoms with E-state index < -0.39 is 11.7 Å². The summed E-state index contributed by atoms with van der Waals surface area (Å²) in [6.45, 7) is 0. The van der Waals surface area contributed by atoms with E-state index in [1.54, 1.807) is 6.07 Å². The number of halogens is 1. The van der Waals surface area contributed by atoms with E-state index in [1.165, 1.54) is 30.3 Å². The fourth-order valence-corrected chi connectivity index (χ4v) is 1.23. The van der Waals surface area contributed by atoms with E-state index in [9.17, 15) is 9.18 Å². The molecule has 6 heteroatoms. The number of benzene rings is 1. The molecule has 1 amide bonds. The number of anilines is 2. The molecule has 0 radical (unpaired) electrons. The Labute approximate surface area is 96.5 Å². The molecular weight excluding hydrogens is 223 g/mol. The number of carbonyl (C=O) groups excluding carboxylic acids is 1. The van der Waals surface area contributed by atoms with Crippen molar-refractivity contribution in [3.8, 4) is 0 Å². The summed E-state index contributed by atoms with van der Waals surface area (Å²) in [6.07, 6.45) is 0. The SMILES string of the molecule is Nc1ccc(C(=O)Nc2cccc(F)c2)nn1. The summed E-state index contributed by atoms with van der Waals surface area (Å²) in [5, 5.41) is 9.66. The van der Waals surface area contributed by atoms with Crippen LogP contribution in [0.1, 0.15) is 10.5 Å². The average molecular weight is 232 g/mol. The van der Waals surface area contributed by atoms with Crippen molar-refractivity contribution in [1.29, 1.82) is 0 Å². The van der Waals surface area contributed by atoms with Crippen molar-refractivity contribution < 1.29 is 9.18 Å². The first-order valence-corrected chi connectivity index (χ1v) is 4.81. The normalized spacial score (nSPS) is 9.94. The molecule has 0 unspecified atom stereocenters. The van der Waals surface area contributed by atoms with Gasteiger partial charge in [-0.15, -0.1) is 10.2 Å². The minimum absolute atomic E-state index is 0.114. The van der Waals surface area contributed by atoms with Gasteiger partial charge in [0.2, 0.25) is 0 Å². The zero-order valence-corrected chi connectivity index (χ0v) is 8.72. The quantitative estimate of drug-likeness (QED) is 0.821. The highest BCUT2D eigenvalue weighted by molar-refractivity contribution is 6.02. The van der Waals surface area contributed by atoms with Crippen LogP contribution in [-0.2, 0) is 0 Å². The molecule has 3 N–H and O–H groups in total. The van der Waals surface area contributed by atoms with E-state index in [4.69, 9.17) is 5.73 Å². The predicted octanol–water partition coefficient (Wildman–Crippen LogP) is 1.45. The second-order valence-corrected chi connectivity index (χ2v) is 3.31. The Kier molecular flexibility index (Phi) is 2.95. The molecule has 0 saturated heterocycles. The number of nitrogen functional groups attached to an aromatic ring is 1. The van der Waals surface area contributed by atoms with Crippen molar-refractivity contribution in [2.24, 2.45) is 0 Å². The zero-order valence-electron chi connectivity index (χ0n) is 8.72. The molecule has 0 aliphatic rings. The summed E-state index contributed by atoms with van der Waals surface area (Å²) in [6, 6.07) is 8.48. The van der Waals surface area contributed by atoms with Gasteiger partial charge >= 0.3 is 0 Å². The molecule has 2 aromatic rings. The van der Waals surface area contributed by atoms with Gasteiger partial charge in [0.15, 0.2) is 5.69 Å². The highest BCUT2D eigenvalue weighted by Gasteiger charge is 2.08. The molecule has 1 aromatic heterocycles. The van der Waals surface area contributed by atoms with Crippen molar-refractivity contribution in [2.75, 3.05) is 11.1 Å². The minimum atomic E-state index is -0.469. The van der Waals surface area contributed by atoms with Crippen LogP contribution in [0.5, 0.6) is 0 Å². The molecule has 0 aliphatic heterocycles. The number of nitrogens with zero attached hydrogens (tertiary/aromatic N) is 2. The van der Waals surface area contributed by atoms with Crippen LogP contribution < -0.4 is 11.1 Å². The summed E-state index contributed by atoms with van der Waals surface area (Å²) in [5.74, 6) is -0.665. The highest BCUT2D eigenvalue weighted by Crippen LogP contribution is 2.10. The lowest BCUT2D eigenvalue weighted by Gasteiger charge is -2.03. The third-order valence-corrected chi connectivity index (χ3v) is 2.00. The lowest BCUT2D eigenvalue weighted by molar-refractivity contribution is 0.102. The first-order chi connectivity index (χ1) is 8.15. The van der Waals surface area contributed by atoms with Crippen LogP contribution in [0.3, 0.4) is 0 Å². The Balaban J connectivity index is 2.14. The Hall–Kier alpha value is -2.50. The first-order valence-electron chi connectivity index (χ1n) is 4.81. The van der Waals surface area contributed by atoms with Gasteiger partial charge in [-0.3, -0.25) is 4.79 Å². The maximum absolute atomic E-state index is 12.9. The van der Waals surface area contributed by atoms with Gasteiger partial charge in [-0.25, -0.2) is 4.39 Å². The molecule has 86 valence electrons. The number of carbonyl (C=O) groups is 1. The van der Waals surface area contributed by atoms with Gasteiger partial charge < -0.3 is 11.1 Å². The standard InChI is InChI=1S/C11H9FN4O/c12-7-2-1-3-8(6-7)14-11(17)9-4-5-10(13)16-15-9/h1-6H,(H2,13,16)(H,14,17). The molecule has 0 fully saturated rings. The topological polar surface area (TPSA) is 80.9 Å². The molecule has 0 spiro atoms. The van der Waals surface area contributed by atoms with E-state index >= 15 is 0 Å². The lowest BCUT2D eigenvalue weighted by atomic mass is 10.3. The van der Waals surface area contributed by atoms with E-state index in [1.807, 2.05) is 0 Å².